The van der Waals surface area contributed by atoms with E-state index in [1.165, 1.54) is 5.69 Å². The van der Waals surface area contributed by atoms with E-state index < -0.39 is 10.0 Å². The van der Waals surface area contributed by atoms with Crippen molar-refractivity contribution in [3.05, 3.63) is 70.5 Å². The molecule has 0 amide bonds. The minimum absolute atomic E-state index is 0.0839. The van der Waals surface area contributed by atoms with Crippen LogP contribution in [0.25, 0.3) is 0 Å². The predicted molar refractivity (Wildman–Crippen MR) is 146 cm³/mol. The zero-order valence-electron chi connectivity index (χ0n) is 21.0. The molecule has 4 rings (SSSR count). The van der Waals surface area contributed by atoms with E-state index in [1.54, 1.807) is 18.3 Å². The fraction of sp³-hybridized carbons (Fsp3) is 0.385. The van der Waals surface area contributed by atoms with E-state index >= 15 is 0 Å². The highest BCUT2D eigenvalue weighted by Gasteiger charge is 2.19. The van der Waals surface area contributed by atoms with E-state index in [0.29, 0.717) is 25.3 Å². The van der Waals surface area contributed by atoms with E-state index in [2.05, 4.69) is 44.0 Å². The molecule has 1 aliphatic heterocycles. The fourth-order valence-corrected chi connectivity index (χ4v) is 5.72. The first-order valence-electron chi connectivity index (χ1n) is 12.2. The van der Waals surface area contributed by atoms with Crippen LogP contribution in [-0.4, -0.2) is 63.1 Å². The molecule has 2 N–H and O–H groups in total. The molecule has 36 heavy (non-hydrogen) atoms. The summed E-state index contributed by atoms with van der Waals surface area (Å²) in [6, 6.07) is 13.4. The summed E-state index contributed by atoms with van der Waals surface area (Å²) in [5.41, 5.74) is 4.66. The molecule has 1 aromatic heterocycles. The van der Waals surface area contributed by atoms with Gasteiger partial charge in [-0.15, -0.1) is 0 Å². The van der Waals surface area contributed by atoms with Gasteiger partial charge in [-0.3, -0.25) is 0 Å². The van der Waals surface area contributed by atoms with Gasteiger partial charge in [0, 0.05) is 56.7 Å². The van der Waals surface area contributed by atoms with Crippen molar-refractivity contribution in [3.8, 4) is 0 Å². The van der Waals surface area contributed by atoms with Crippen LogP contribution in [0.3, 0.4) is 0 Å². The number of piperazine rings is 1. The zero-order chi connectivity index (χ0) is 25.7. The molecule has 0 radical (unpaired) electrons. The number of anilines is 3. The maximum Gasteiger partial charge on any atom is 0.242 e. The van der Waals surface area contributed by atoms with Crippen molar-refractivity contribution >= 4 is 38.9 Å². The Morgan fingerprint density at radius 1 is 1.06 bits per heavy atom. The molecule has 0 spiro atoms. The molecule has 1 aliphatic rings. The maximum absolute atomic E-state index is 12.6. The molecule has 3 aromatic rings. The van der Waals surface area contributed by atoms with E-state index in [4.69, 9.17) is 16.6 Å². The summed E-state index contributed by atoms with van der Waals surface area (Å²) in [5.74, 6) is 0.495. The minimum atomic E-state index is -3.67. The average molecular weight is 529 g/mol. The molecule has 0 saturated carbocycles. The topological polar surface area (TPSA) is 90.5 Å². The van der Waals surface area contributed by atoms with Gasteiger partial charge in [0.2, 0.25) is 16.0 Å². The normalized spacial score (nSPS) is 14.7. The lowest BCUT2D eigenvalue weighted by Crippen LogP contribution is -2.44. The first-order chi connectivity index (χ1) is 17.2. The van der Waals surface area contributed by atoms with Gasteiger partial charge in [0.1, 0.15) is 4.90 Å². The van der Waals surface area contributed by atoms with Gasteiger partial charge in [-0.1, -0.05) is 24.6 Å². The number of hydrogen-bond donors (Lipinski definition) is 2. The number of sulfonamides is 1. The van der Waals surface area contributed by atoms with Crippen molar-refractivity contribution in [2.24, 2.45) is 0 Å². The van der Waals surface area contributed by atoms with Crippen LogP contribution in [0, 0.1) is 6.92 Å². The number of nitrogens with one attached hydrogen (secondary N) is 2. The number of hydrogen-bond acceptors (Lipinski definition) is 7. The van der Waals surface area contributed by atoms with Gasteiger partial charge in [-0.2, -0.15) is 0 Å². The third kappa shape index (κ3) is 6.53. The van der Waals surface area contributed by atoms with Gasteiger partial charge in [-0.25, -0.2) is 23.1 Å². The lowest BCUT2D eigenvalue weighted by Gasteiger charge is -2.34. The molecule has 0 atom stereocenters. The number of likely N-dealkylation sites (N-methyl/N-ethyl adjacent to an activating group) is 1. The predicted octanol–water partition coefficient (Wildman–Crippen LogP) is 4.21. The van der Waals surface area contributed by atoms with Crippen LogP contribution in [0.4, 0.5) is 17.3 Å². The summed E-state index contributed by atoms with van der Waals surface area (Å²) in [6.07, 6.45) is 2.93. The first kappa shape index (κ1) is 26.3. The number of halogens is 1. The van der Waals surface area contributed by atoms with Crippen LogP contribution in [0.2, 0.25) is 5.02 Å². The lowest BCUT2D eigenvalue weighted by molar-refractivity contribution is 0.313. The van der Waals surface area contributed by atoms with Crippen molar-refractivity contribution in [1.29, 1.82) is 0 Å². The molecule has 0 bridgehead atoms. The van der Waals surface area contributed by atoms with Gasteiger partial charge >= 0.3 is 0 Å². The number of benzene rings is 2. The number of aryl methyl sites for hydroxylation is 1. The zero-order valence-corrected chi connectivity index (χ0v) is 22.5. The Kier molecular flexibility index (Phi) is 8.46. The molecule has 10 heteroatoms. The summed E-state index contributed by atoms with van der Waals surface area (Å²) in [5, 5.41) is 3.48. The molecule has 2 heterocycles. The van der Waals surface area contributed by atoms with Crippen LogP contribution >= 0.6 is 11.6 Å². The van der Waals surface area contributed by atoms with Crippen LogP contribution in [0.15, 0.2) is 53.6 Å². The molecule has 1 saturated heterocycles. The number of nitrogens with zero attached hydrogens (tertiary/aromatic N) is 4. The molecular formula is C26H33ClN6O2S. The third-order valence-electron chi connectivity index (χ3n) is 6.27. The molecule has 192 valence electrons. The maximum atomic E-state index is 12.6. The van der Waals surface area contributed by atoms with Crippen molar-refractivity contribution in [2.45, 2.75) is 31.6 Å². The second-order valence-electron chi connectivity index (χ2n) is 9.12. The van der Waals surface area contributed by atoms with Crippen LogP contribution < -0.4 is 14.9 Å². The van der Waals surface area contributed by atoms with Gasteiger partial charge < -0.3 is 15.1 Å². The molecule has 0 aliphatic carbocycles. The Bertz CT molecular complexity index is 1290. The van der Waals surface area contributed by atoms with Gasteiger partial charge in [0.05, 0.1) is 10.7 Å². The monoisotopic (exact) mass is 528 g/mol. The van der Waals surface area contributed by atoms with E-state index in [-0.39, 0.29) is 9.92 Å². The lowest BCUT2D eigenvalue weighted by atomic mass is 10.1. The fourth-order valence-electron chi connectivity index (χ4n) is 4.04. The van der Waals surface area contributed by atoms with E-state index in [1.807, 2.05) is 32.0 Å². The SMILES string of the molecule is CCCNS(=O)(=O)c1cc(Cc2nc(Nc3ccc(N4CCN(C)CC4)cc3)ncc2C)ccc1Cl. The Balaban J connectivity index is 1.48. The Morgan fingerprint density at radius 2 is 1.78 bits per heavy atom. The number of aromatic nitrogens is 2. The summed E-state index contributed by atoms with van der Waals surface area (Å²) in [6.45, 7) is 8.39. The Hall–Kier alpha value is -2.72. The molecule has 2 aromatic carbocycles. The number of rotatable bonds is 9. The summed E-state index contributed by atoms with van der Waals surface area (Å²) < 4.78 is 27.9. The van der Waals surface area contributed by atoms with E-state index in [0.717, 1.165) is 48.7 Å². The Morgan fingerprint density at radius 3 is 2.47 bits per heavy atom. The highest BCUT2D eigenvalue weighted by atomic mass is 35.5. The van der Waals surface area contributed by atoms with Gasteiger partial charge in [-0.05, 0) is 67.9 Å². The van der Waals surface area contributed by atoms with Crippen molar-refractivity contribution in [1.82, 2.24) is 19.6 Å². The molecular weight excluding hydrogens is 496 g/mol. The summed E-state index contributed by atoms with van der Waals surface area (Å²) in [4.78, 5) is 14.0. The third-order valence-corrected chi connectivity index (χ3v) is 8.21. The quantitative estimate of drug-likeness (QED) is 0.430. The second kappa shape index (κ2) is 11.6. The smallest absolute Gasteiger partial charge is 0.242 e. The molecule has 1 fully saturated rings. The van der Waals surface area contributed by atoms with Gasteiger partial charge in [0.25, 0.3) is 0 Å². The largest absolute Gasteiger partial charge is 0.369 e. The highest BCUT2D eigenvalue weighted by molar-refractivity contribution is 7.89. The van der Waals surface area contributed by atoms with Crippen molar-refractivity contribution in [3.63, 3.8) is 0 Å². The van der Waals surface area contributed by atoms with Gasteiger partial charge in [0.15, 0.2) is 0 Å². The van der Waals surface area contributed by atoms with Crippen LogP contribution in [0.5, 0.6) is 0 Å². The average Bonchev–Trinajstić information content (AvgIpc) is 2.87. The van der Waals surface area contributed by atoms with Crippen LogP contribution in [0.1, 0.15) is 30.2 Å². The van der Waals surface area contributed by atoms with Crippen molar-refractivity contribution < 1.29 is 8.42 Å². The van der Waals surface area contributed by atoms with Crippen molar-refractivity contribution in [2.75, 3.05) is 50.0 Å². The van der Waals surface area contributed by atoms with E-state index in [9.17, 15) is 8.42 Å². The first-order valence-corrected chi connectivity index (χ1v) is 14.0. The van der Waals surface area contributed by atoms with Crippen LogP contribution in [-0.2, 0) is 16.4 Å². The Labute approximate surface area is 218 Å². The highest BCUT2D eigenvalue weighted by Crippen LogP contribution is 2.25. The second-order valence-corrected chi connectivity index (χ2v) is 11.3. The minimum Gasteiger partial charge on any atom is -0.369 e. The molecule has 8 nitrogen and oxygen atoms in total. The molecule has 0 unspecified atom stereocenters. The summed E-state index contributed by atoms with van der Waals surface area (Å²) in [7, 11) is -1.52. The standard InChI is InChI=1S/C26H33ClN6O2S/c1-4-11-29-36(34,35)25-17-20(5-10-23(25)27)16-24-19(2)18-28-26(31-24)30-21-6-8-22(9-7-21)33-14-12-32(3)13-15-33/h5-10,17-18,29H,4,11-16H2,1-3H3,(H,28,30,31). The summed E-state index contributed by atoms with van der Waals surface area (Å²) >= 11 is 6.22.